The number of anilines is 2. The zero-order valence-electron chi connectivity index (χ0n) is 11.9. The summed E-state index contributed by atoms with van der Waals surface area (Å²) in [5, 5.41) is 10.4. The molecule has 1 saturated carbocycles. The van der Waals surface area contributed by atoms with Crippen LogP contribution in [0.3, 0.4) is 0 Å². The van der Waals surface area contributed by atoms with Crippen LogP contribution in [-0.4, -0.2) is 25.8 Å². The number of likely N-dealkylation sites (N-methyl/N-ethyl adjacent to an activating group) is 1. The first kappa shape index (κ1) is 13.7. The highest BCUT2D eigenvalue weighted by Gasteiger charge is 2.33. The summed E-state index contributed by atoms with van der Waals surface area (Å²) >= 11 is 1.55. The molecule has 2 fully saturated rings. The number of nitrogen functional groups attached to an aromatic ring is 1. The zero-order valence-corrected chi connectivity index (χ0v) is 12.7. The van der Waals surface area contributed by atoms with Crippen molar-refractivity contribution < 1.29 is 4.74 Å². The zero-order chi connectivity index (χ0) is 14.1. The van der Waals surface area contributed by atoms with Crippen LogP contribution in [-0.2, 0) is 4.74 Å². The van der Waals surface area contributed by atoms with Crippen molar-refractivity contribution in [3.8, 4) is 6.07 Å². The molecule has 1 aromatic heterocycles. The van der Waals surface area contributed by atoms with E-state index in [4.69, 9.17) is 10.5 Å². The van der Waals surface area contributed by atoms with Crippen molar-refractivity contribution in [2.45, 2.75) is 44.6 Å². The van der Waals surface area contributed by atoms with E-state index in [-0.39, 0.29) is 0 Å². The number of rotatable bonds is 5. The van der Waals surface area contributed by atoms with Crippen molar-refractivity contribution in [2.75, 3.05) is 30.3 Å². The van der Waals surface area contributed by atoms with E-state index in [0.29, 0.717) is 16.9 Å². The van der Waals surface area contributed by atoms with Gasteiger partial charge in [0.1, 0.15) is 10.9 Å². The van der Waals surface area contributed by atoms with Gasteiger partial charge >= 0.3 is 0 Å². The van der Waals surface area contributed by atoms with Crippen molar-refractivity contribution in [1.29, 1.82) is 5.26 Å². The van der Waals surface area contributed by atoms with Gasteiger partial charge in [-0.3, -0.25) is 0 Å². The van der Waals surface area contributed by atoms with Gasteiger partial charge in [-0.1, -0.05) is 0 Å². The van der Waals surface area contributed by atoms with Gasteiger partial charge in [0.2, 0.25) is 0 Å². The molecule has 0 spiro atoms. The minimum atomic E-state index is 0.330. The van der Waals surface area contributed by atoms with E-state index in [1.807, 2.05) is 0 Å². The summed E-state index contributed by atoms with van der Waals surface area (Å²) in [6, 6.07) is 2.25. The summed E-state index contributed by atoms with van der Waals surface area (Å²) in [4.78, 5) is 3.03. The number of ether oxygens (including phenoxy) is 1. The molecule has 1 aliphatic heterocycles. The van der Waals surface area contributed by atoms with E-state index in [0.717, 1.165) is 38.2 Å². The Bertz CT molecular complexity index is 524. The van der Waals surface area contributed by atoms with Gasteiger partial charge in [0.25, 0.3) is 0 Å². The lowest BCUT2D eigenvalue weighted by atomic mass is 10.1. The molecule has 1 unspecified atom stereocenters. The Hall–Kier alpha value is -1.25. The van der Waals surface area contributed by atoms with Gasteiger partial charge in [-0.25, -0.2) is 0 Å². The third-order valence-electron chi connectivity index (χ3n) is 4.17. The molecule has 2 heterocycles. The lowest BCUT2D eigenvalue weighted by molar-refractivity contribution is 0.116. The lowest BCUT2D eigenvalue weighted by Gasteiger charge is -2.26. The Morgan fingerprint density at radius 2 is 2.25 bits per heavy atom. The highest BCUT2D eigenvalue weighted by Crippen LogP contribution is 2.51. The molecule has 0 aromatic carbocycles. The smallest absolute Gasteiger partial charge is 0.130 e. The Morgan fingerprint density at radius 3 is 2.80 bits per heavy atom. The highest BCUT2D eigenvalue weighted by molar-refractivity contribution is 7.17. The third-order valence-corrected chi connectivity index (χ3v) is 5.35. The van der Waals surface area contributed by atoms with E-state index < -0.39 is 0 Å². The fourth-order valence-corrected chi connectivity index (χ4v) is 4.10. The number of nitriles is 1. The number of hydrogen-bond donors (Lipinski definition) is 1. The van der Waals surface area contributed by atoms with Crippen LogP contribution in [0.2, 0.25) is 0 Å². The molecule has 2 N–H and O–H groups in total. The van der Waals surface area contributed by atoms with E-state index in [1.165, 1.54) is 23.4 Å². The van der Waals surface area contributed by atoms with Crippen LogP contribution in [0, 0.1) is 11.3 Å². The molecule has 5 heteroatoms. The van der Waals surface area contributed by atoms with Crippen LogP contribution >= 0.6 is 11.3 Å². The molecule has 3 rings (SSSR count). The second-order valence-corrected chi connectivity index (χ2v) is 6.62. The first-order valence-corrected chi connectivity index (χ1v) is 8.25. The monoisotopic (exact) mass is 291 g/mol. The summed E-state index contributed by atoms with van der Waals surface area (Å²) in [5.74, 6) is 0.571. The number of hydrogen-bond acceptors (Lipinski definition) is 5. The molecule has 4 nitrogen and oxygen atoms in total. The first-order valence-electron chi connectivity index (χ1n) is 7.43. The predicted octanol–water partition coefficient (Wildman–Crippen LogP) is 3.08. The summed E-state index contributed by atoms with van der Waals surface area (Å²) in [6.07, 6.45) is 5.04. The molecule has 108 valence electrons. The van der Waals surface area contributed by atoms with E-state index in [9.17, 15) is 5.26 Å². The Morgan fingerprint density at radius 1 is 1.45 bits per heavy atom. The third kappa shape index (κ3) is 2.50. The van der Waals surface area contributed by atoms with Crippen LogP contribution < -0.4 is 10.6 Å². The molecule has 20 heavy (non-hydrogen) atoms. The molecule has 1 atom stereocenters. The molecule has 1 aromatic rings. The predicted molar refractivity (Wildman–Crippen MR) is 82.3 cm³/mol. The molecule has 0 radical (unpaired) electrons. The van der Waals surface area contributed by atoms with Gasteiger partial charge in [-0.05, 0) is 38.5 Å². The SMILES string of the molecule is CCN(CC1CCCO1)c1sc(C#N)c(N)c1C1CC1. The van der Waals surface area contributed by atoms with Crippen molar-refractivity contribution in [3.05, 3.63) is 10.4 Å². The van der Waals surface area contributed by atoms with Gasteiger partial charge in [0.05, 0.1) is 16.8 Å². The van der Waals surface area contributed by atoms with E-state index >= 15 is 0 Å². The molecule has 1 saturated heterocycles. The number of nitrogens with two attached hydrogens (primary N) is 1. The minimum absolute atomic E-state index is 0.330. The van der Waals surface area contributed by atoms with Crippen molar-refractivity contribution in [3.63, 3.8) is 0 Å². The average Bonchev–Trinajstić information content (AvgIpc) is 3.05. The molecule has 0 amide bonds. The van der Waals surface area contributed by atoms with Crippen molar-refractivity contribution >= 4 is 22.0 Å². The van der Waals surface area contributed by atoms with Gasteiger partial charge in [-0.2, -0.15) is 5.26 Å². The number of thiophene rings is 1. The average molecular weight is 291 g/mol. The maximum atomic E-state index is 9.23. The van der Waals surface area contributed by atoms with E-state index in [2.05, 4.69) is 17.9 Å². The van der Waals surface area contributed by atoms with E-state index in [1.54, 1.807) is 11.3 Å². The standard InChI is InChI=1S/C15H21N3OS/c1-2-18(9-11-4-3-7-19-11)15-13(10-5-6-10)14(17)12(8-16)20-15/h10-11H,2-7,9,17H2,1H3. The molecular weight excluding hydrogens is 270 g/mol. The Balaban J connectivity index is 1.88. The van der Waals surface area contributed by atoms with Gasteiger partial charge in [0, 0.05) is 25.3 Å². The first-order chi connectivity index (χ1) is 9.74. The Labute approximate surface area is 124 Å². The lowest BCUT2D eigenvalue weighted by Crippen LogP contribution is -2.32. The van der Waals surface area contributed by atoms with Crippen LogP contribution in [0.15, 0.2) is 0 Å². The van der Waals surface area contributed by atoms with Crippen molar-refractivity contribution in [2.24, 2.45) is 0 Å². The van der Waals surface area contributed by atoms with Crippen LogP contribution in [0.5, 0.6) is 0 Å². The molecular formula is C15H21N3OS. The summed E-state index contributed by atoms with van der Waals surface area (Å²) in [5.41, 5.74) is 8.14. The van der Waals surface area contributed by atoms with Crippen molar-refractivity contribution in [1.82, 2.24) is 0 Å². The largest absolute Gasteiger partial charge is 0.397 e. The fourth-order valence-electron chi connectivity index (χ4n) is 2.92. The summed E-state index contributed by atoms with van der Waals surface area (Å²) in [6.45, 7) is 4.90. The van der Waals surface area contributed by atoms with Gasteiger partial charge in [-0.15, -0.1) is 11.3 Å². The topological polar surface area (TPSA) is 62.3 Å². The molecule has 0 bridgehead atoms. The summed E-state index contributed by atoms with van der Waals surface area (Å²) < 4.78 is 5.75. The maximum absolute atomic E-state index is 9.23. The van der Waals surface area contributed by atoms with Crippen LogP contribution in [0.25, 0.3) is 0 Å². The maximum Gasteiger partial charge on any atom is 0.130 e. The fraction of sp³-hybridized carbons (Fsp3) is 0.667. The van der Waals surface area contributed by atoms with Gasteiger partial charge < -0.3 is 15.4 Å². The second-order valence-electron chi connectivity index (χ2n) is 5.62. The normalized spacial score (nSPS) is 21.9. The Kier molecular flexibility index (Phi) is 3.86. The number of nitrogens with zero attached hydrogens (tertiary/aromatic N) is 2. The molecule has 1 aliphatic carbocycles. The quantitative estimate of drug-likeness (QED) is 0.905. The van der Waals surface area contributed by atoms with Crippen LogP contribution in [0.4, 0.5) is 10.7 Å². The molecule has 2 aliphatic rings. The van der Waals surface area contributed by atoms with Gasteiger partial charge in [0.15, 0.2) is 0 Å². The second kappa shape index (κ2) is 5.63. The minimum Gasteiger partial charge on any atom is -0.397 e. The van der Waals surface area contributed by atoms with Crippen LogP contribution in [0.1, 0.15) is 49.0 Å². The summed E-state index contributed by atoms with van der Waals surface area (Å²) in [7, 11) is 0. The highest BCUT2D eigenvalue weighted by atomic mass is 32.1.